The van der Waals surface area contributed by atoms with Gasteiger partial charge in [0.25, 0.3) is 0 Å². The molecule has 1 aliphatic heterocycles. The van der Waals surface area contributed by atoms with Crippen molar-refractivity contribution < 1.29 is 13.2 Å². The third-order valence-electron chi connectivity index (χ3n) is 3.73. The second kappa shape index (κ2) is 7.53. The highest BCUT2D eigenvalue weighted by Crippen LogP contribution is 2.45. The van der Waals surface area contributed by atoms with E-state index in [0.29, 0.717) is 17.2 Å². The SMILES string of the molecule is COc1ccc(Br)cc1[C@H]1SCCN1S(=O)(=O)c1ccc(I)cc1. The molecule has 1 saturated heterocycles. The first-order valence-corrected chi connectivity index (χ1v) is 11.5. The molecule has 4 nitrogen and oxygen atoms in total. The van der Waals surface area contributed by atoms with Crippen LogP contribution in [0.25, 0.3) is 0 Å². The fourth-order valence-electron chi connectivity index (χ4n) is 2.59. The quantitative estimate of drug-likeness (QED) is 0.537. The molecule has 0 radical (unpaired) electrons. The van der Waals surface area contributed by atoms with Crippen LogP contribution >= 0.6 is 50.3 Å². The Bertz CT molecular complexity index is 843. The third kappa shape index (κ3) is 3.62. The normalized spacial score (nSPS) is 18.7. The van der Waals surface area contributed by atoms with E-state index in [4.69, 9.17) is 4.74 Å². The van der Waals surface area contributed by atoms with Crippen molar-refractivity contribution in [2.24, 2.45) is 0 Å². The molecule has 1 aliphatic rings. The Morgan fingerprint density at radius 3 is 2.62 bits per heavy atom. The number of methoxy groups -OCH3 is 1. The van der Waals surface area contributed by atoms with Gasteiger partial charge in [0.15, 0.2) is 0 Å². The minimum Gasteiger partial charge on any atom is -0.496 e. The summed E-state index contributed by atoms with van der Waals surface area (Å²) < 4.78 is 35.0. The molecule has 2 aromatic carbocycles. The zero-order valence-corrected chi connectivity index (χ0v) is 18.2. The number of rotatable bonds is 4. The van der Waals surface area contributed by atoms with Crippen molar-refractivity contribution in [3.63, 3.8) is 0 Å². The van der Waals surface area contributed by atoms with Crippen molar-refractivity contribution in [3.05, 3.63) is 56.1 Å². The average Bonchev–Trinajstić information content (AvgIpc) is 3.05. The zero-order valence-electron chi connectivity index (χ0n) is 12.8. The smallest absolute Gasteiger partial charge is 0.244 e. The van der Waals surface area contributed by atoms with Gasteiger partial charge in [0, 0.05) is 25.9 Å². The summed E-state index contributed by atoms with van der Waals surface area (Å²) in [7, 11) is -1.95. The Balaban J connectivity index is 2.02. The van der Waals surface area contributed by atoms with Crippen molar-refractivity contribution in [2.45, 2.75) is 10.3 Å². The van der Waals surface area contributed by atoms with E-state index >= 15 is 0 Å². The average molecular weight is 540 g/mol. The van der Waals surface area contributed by atoms with E-state index in [2.05, 4.69) is 38.5 Å². The minimum absolute atomic E-state index is 0.290. The Morgan fingerprint density at radius 1 is 1.25 bits per heavy atom. The summed E-state index contributed by atoms with van der Waals surface area (Å²) >= 11 is 7.24. The maximum Gasteiger partial charge on any atom is 0.244 e. The van der Waals surface area contributed by atoms with Crippen LogP contribution in [-0.4, -0.2) is 32.1 Å². The summed E-state index contributed by atoms with van der Waals surface area (Å²) in [5.74, 6) is 1.45. The van der Waals surface area contributed by atoms with E-state index in [1.165, 1.54) is 0 Å². The molecule has 0 saturated carbocycles. The molecule has 0 spiro atoms. The van der Waals surface area contributed by atoms with Gasteiger partial charge < -0.3 is 4.74 Å². The highest BCUT2D eigenvalue weighted by molar-refractivity contribution is 14.1. The summed E-state index contributed by atoms with van der Waals surface area (Å²) in [6, 6.07) is 12.6. The molecule has 0 amide bonds. The lowest BCUT2D eigenvalue weighted by atomic mass is 10.2. The molecule has 3 rings (SSSR count). The lowest BCUT2D eigenvalue weighted by Gasteiger charge is -2.25. The molecule has 1 fully saturated rings. The first kappa shape index (κ1) is 18.5. The molecule has 0 aliphatic carbocycles. The molecule has 24 heavy (non-hydrogen) atoms. The fourth-order valence-corrected chi connectivity index (χ4v) is 6.57. The molecule has 0 unspecified atom stereocenters. The van der Waals surface area contributed by atoms with E-state index < -0.39 is 10.0 Å². The molecule has 0 aromatic heterocycles. The maximum absolute atomic E-state index is 13.1. The van der Waals surface area contributed by atoms with Crippen LogP contribution in [0.2, 0.25) is 0 Å². The van der Waals surface area contributed by atoms with Crippen LogP contribution in [0.4, 0.5) is 0 Å². The lowest BCUT2D eigenvalue weighted by molar-refractivity contribution is 0.390. The van der Waals surface area contributed by atoms with Crippen LogP contribution in [0.5, 0.6) is 5.75 Å². The number of hydrogen-bond acceptors (Lipinski definition) is 4. The van der Waals surface area contributed by atoms with Crippen LogP contribution in [-0.2, 0) is 10.0 Å². The Hall–Kier alpha value is -0.290. The van der Waals surface area contributed by atoms with Gasteiger partial charge in [-0.2, -0.15) is 4.31 Å². The standard InChI is InChI=1S/C16H15BrINO3S2/c1-22-15-7-2-11(17)10-14(15)16-19(8-9-23-16)24(20,21)13-5-3-12(18)4-6-13/h2-7,10,16H,8-9H2,1H3/t16-/m1/s1. The molecule has 0 bridgehead atoms. The molecule has 8 heteroatoms. The van der Waals surface area contributed by atoms with Gasteiger partial charge in [0.2, 0.25) is 10.0 Å². The minimum atomic E-state index is -3.55. The molecule has 1 atom stereocenters. The first-order valence-electron chi connectivity index (χ1n) is 7.16. The summed E-state index contributed by atoms with van der Waals surface area (Å²) in [6.07, 6.45) is 0. The topological polar surface area (TPSA) is 46.6 Å². The van der Waals surface area contributed by atoms with Crippen molar-refractivity contribution in [2.75, 3.05) is 19.4 Å². The van der Waals surface area contributed by atoms with E-state index in [1.807, 2.05) is 30.3 Å². The van der Waals surface area contributed by atoms with Crippen LogP contribution in [0.3, 0.4) is 0 Å². The third-order valence-corrected chi connectivity index (χ3v) is 8.19. The zero-order chi connectivity index (χ0) is 17.3. The molecule has 0 N–H and O–H groups in total. The second-order valence-electron chi connectivity index (χ2n) is 5.18. The number of nitrogens with zero attached hydrogens (tertiary/aromatic N) is 1. The van der Waals surface area contributed by atoms with Crippen LogP contribution in [0, 0.1) is 3.57 Å². The number of hydrogen-bond donors (Lipinski definition) is 0. The van der Waals surface area contributed by atoms with Crippen molar-refractivity contribution in [3.8, 4) is 5.75 Å². The number of thioether (sulfide) groups is 1. The maximum atomic E-state index is 13.1. The van der Waals surface area contributed by atoms with Gasteiger partial charge in [-0.3, -0.25) is 0 Å². The molecule has 1 heterocycles. The number of benzene rings is 2. The predicted octanol–water partition coefficient (Wildman–Crippen LogP) is 4.50. The summed E-state index contributed by atoms with van der Waals surface area (Å²) in [6.45, 7) is 0.485. The lowest BCUT2D eigenvalue weighted by Crippen LogP contribution is -2.30. The first-order chi connectivity index (χ1) is 11.4. The van der Waals surface area contributed by atoms with Gasteiger partial charge in [-0.05, 0) is 65.1 Å². The highest BCUT2D eigenvalue weighted by atomic mass is 127. The van der Waals surface area contributed by atoms with Gasteiger partial charge in [-0.15, -0.1) is 11.8 Å². The number of ether oxygens (including phenoxy) is 1. The Kier molecular flexibility index (Phi) is 5.80. The monoisotopic (exact) mass is 539 g/mol. The molecule has 128 valence electrons. The van der Waals surface area contributed by atoms with E-state index in [-0.39, 0.29) is 5.37 Å². The molecular weight excluding hydrogens is 525 g/mol. The highest BCUT2D eigenvalue weighted by Gasteiger charge is 2.38. The summed E-state index contributed by atoms with van der Waals surface area (Å²) in [5.41, 5.74) is 0.864. The van der Waals surface area contributed by atoms with Crippen LogP contribution in [0.15, 0.2) is 51.8 Å². The van der Waals surface area contributed by atoms with E-state index in [0.717, 1.165) is 19.4 Å². The van der Waals surface area contributed by atoms with Crippen molar-refractivity contribution in [1.29, 1.82) is 0 Å². The van der Waals surface area contributed by atoms with Crippen LogP contribution in [0.1, 0.15) is 10.9 Å². The van der Waals surface area contributed by atoms with Gasteiger partial charge in [-0.25, -0.2) is 8.42 Å². The summed E-state index contributed by atoms with van der Waals surface area (Å²) in [5, 5.41) is -0.290. The Morgan fingerprint density at radius 2 is 1.96 bits per heavy atom. The summed E-state index contributed by atoms with van der Waals surface area (Å²) in [4.78, 5) is 0.323. The Labute approximate surface area is 168 Å². The number of halogens is 2. The fraction of sp³-hybridized carbons (Fsp3) is 0.250. The van der Waals surface area contributed by atoms with E-state index in [1.54, 1.807) is 35.3 Å². The van der Waals surface area contributed by atoms with Gasteiger partial charge in [-0.1, -0.05) is 15.9 Å². The van der Waals surface area contributed by atoms with E-state index in [9.17, 15) is 8.42 Å². The van der Waals surface area contributed by atoms with Gasteiger partial charge >= 0.3 is 0 Å². The molecular formula is C16H15BrINO3S2. The second-order valence-corrected chi connectivity index (χ2v) is 10.4. The molecule has 2 aromatic rings. The van der Waals surface area contributed by atoms with Gasteiger partial charge in [0.1, 0.15) is 5.75 Å². The predicted molar refractivity (Wildman–Crippen MR) is 109 cm³/mol. The van der Waals surface area contributed by atoms with Crippen LogP contribution < -0.4 is 4.74 Å². The van der Waals surface area contributed by atoms with Crippen molar-refractivity contribution in [1.82, 2.24) is 4.31 Å². The van der Waals surface area contributed by atoms with Crippen molar-refractivity contribution >= 4 is 60.3 Å². The largest absolute Gasteiger partial charge is 0.496 e. The van der Waals surface area contributed by atoms with Gasteiger partial charge in [0.05, 0.1) is 17.4 Å². The number of sulfonamides is 1.